The summed E-state index contributed by atoms with van der Waals surface area (Å²) >= 11 is 6.17. The Balaban J connectivity index is 2.09. The molecule has 2 aromatic rings. The van der Waals surface area contributed by atoms with Gasteiger partial charge in [0.2, 0.25) is 0 Å². The van der Waals surface area contributed by atoms with Crippen LogP contribution in [0.1, 0.15) is 34.8 Å². The average Bonchev–Trinajstić information content (AvgIpc) is 2.87. The van der Waals surface area contributed by atoms with E-state index in [-0.39, 0.29) is 11.7 Å². The lowest BCUT2D eigenvalue weighted by Crippen LogP contribution is -2.21. The fourth-order valence-corrected chi connectivity index (χ4v) is 2.22. The highest BCUT2D eigenvalue weighted by molar-refractivity contribution is 6.31. The number of hydrogen-bond acceptors (Lipinski definition) is 4. The molecule has 6 heteroatoms. The largest absolute Gasteiger partial charge is 0.476 e. The Bertz CT molecular complexity index is 612. The van der Waals surface area contributed by atoms with Gasteiger partial charge in [-0.3, -0.25) is 4.90 Å². The summed E-state index contributed by atoms with van der Waals surface area (Å²) in [6, 6.07) is 9.13. The van der Waals surface area contributed by atoms with Crippen LogP contribution >= 0.6 is 11.6 Å². The maximum absolute atomic E-state index is 10.7. The number of aromatic nitrogens is 1. The van der Waals surface area contributed by atoms with Crippen molar-refractivity contribution in [3.05, 3.63) is 52.4 Å². The van der Waals surface area contributed by atoms with Crippen LogP contribution in [0.15, 0.2) is 34.9 Å². The van der Waals surface area contributed by atoms with Gasteiger partial charge in [0.1, 0.15) is 0 Å². The molecule has 1 aromatic heterocycles. The highest BCUT2D eigenvalue weighted by atomic mass is 35.5. The second-order valence-corrected chi connectivity index (χ2v) is 5.00. The molecule has 0 aliphatic carbocycles. The van der Waals surface area contributed by atoms with Gasteiger partial charge in [-0.1, -0.05) is 35.0 Å². The molecule has 0 aliphatic heterocycles. The Morgan fingerprint density at radius 3 is 2.80 bits per heavy atom. The predicted octanol–water partition coefficient (Wildman–Crippen LogP) is 3.22. The summed E-state index contributed by atoms with van der Waals surface area (Å²) in [6.07, 6.45) is 0. The van der Waals surface area contributed by atoms with Gasteiger partial charge in [-0.15, -0.1) is 0 Å². The van der Waals surface area contributed by atoms with E-state index in [4.69, 9.17) is 21.2 Å². The molecule has 0 spiro atoms. The average molecular weight is 295 g/mol. The maximum Gasteiger partial charge on any atom is 0.358 e. The van der Waals surface area contributed by atoms with E-state index in [0.29, 0.717) is 17.3 Å². The van der Waals surface area contributed by atoms with E-state index < -0.39 is 5.97 Å². The first-order valence-corrected chi connectivity index (χ1v) is 6.50. The van der Waals surface area contributed by atoms with Crippen LogP contribution in [-0.4, -0.2) is 28.2 Å². The summed E-state index contributed by atoms with van der Waals surface area (Å²) in [5.41, 5.74) is 0.924. The van der Waals surface area contributed by atoms with Gasteiger partial charge in [0.15, 0.2) is 11.5 Å². The van der Waals surface area contributed by atoms with Crippen LogP contribution in [0, 0.1) is 0 Å². The number of benzene rings is 1. The Hall–Kier alpha value is -1.85. The molecule has 0 fully saturated rings. The number of carboxylic acid groups (broad SMARTS) is 1. The van der Waals surface area contributed by atoms with Crippen LogP contribution < -0.4 is 0 Å². The number of carboxylic acids is 1. The van der Waals surface area contributed by atoms with Gasteiger partial charge in [0.25, 0.3) is 0 Å². The number of nitrogens with zero attached hydrogens (tertiary/aromatic N) is 2. The van der Waals surface area contributed by atoms with Crippen molar-refractivity contribution < 1.29 is 14.4 Å². The van der Waals surface area contributed by atoms with E-state index in [1.54, 1.807) is 0 Å². The van der Waals surface area contributed by atoms with Crippen molar-refractivity contribution in [3.8, 4) is 0 Å². The molecular formula is C14H15ClN2O3. The molecule has 0 radical (unpaired) electrons. The molecule has 0 amide bonds. The molecule has 0 aliphatic rings. The van der Waals surface area contributed by atoms with Crippen molar-refractivity contribution in [1.29, 1.82) is 0 Å². The number of aromatic carboxylic acids is 1. The highest BCUT2D eigenvalue weighted by Gasteiger charge is 2.17. The number of hydrogen-bond donors (Lipinski definition) is 1. The van der Waals surface area contributed by atoms with Crippen molar-refractivity contribution in [2.24, 2.45) is 0 Å². The van der Waals surface area contributed by atoms with Gasteiger partial charge < -0.3 is 9.63 Å². The van der Waals surface area contributed by atoms with Crippen molar-refractivity contribution in [2.45, 2.75) is 19.5 Å². The Kier molecular flexibility index (Phi) is 4.42. The topological polar surface area (TPSA) is 66.6 Å². The van der Waals surface area contributed by atoms with Crippen molar-refractivity contribution in [3.63, 3.8) is 0 Å². The molecule has 1 aromatic carbocycles. The molecular weight excluding hydrogens is 280 g/mol. The minimum absolute atomic E-state index is 0.0714. The first-order chi connectivity index (χ1) is 9.49. The highest BCUT2D eigenvalue weighted by Crippen LogP contribution is 2.27. The summed E-state index contributed by atoms with van der Waals surface area (Å²) in [7, 11) is 1.91. The second kappa shape index (κ2) is 6.07. The number of halogens is 1. The normalized spacial score (nSPS) is 12.6. The first kappa shape index (κ1) is 14.6. The fraction of sp³-hybridized carbons (Fsp3) is 0.286. The summed E-state index contributed by atoms with van der Waals surface area (Å²) in [5.74, 6) is -0.592. The fourth-order valence-electron chi connectivity index (χ4n) is 1.92. The summed E-state index contributed by atoms with van der Waals surface area (Å²) in [4.78, 5) is 12.8. The van der Waals surface area contributed by atoms with Gasteiger partial charge in [-0.25, -0.2) is 4.79 Å². The van der Waals surface area contributed by atoms with Crippen molar-refractivity contribution >= 4 is 17.6 Å². The first-order valence-electron chi connectivity index (χ1n) is 6.12. The second-order valence-electron chi connectivity index (χ2n) is 4.60. The lowest BCUT2D eigenvalue weighted by atomic mass is 10.1. The molecule has 1 heterocycles. The van der Waals surface area contributed by atoms with E-state index in [0.717, 1.165) is 5.56 Å². The molecule has 1 N–H and O–H groups in total. The van der Waals surface area contributed by atoms with Crippen LogP contribution in [0.25, 0.3) is 0 Å². The van der Waals surface area contributed by atoms with Gasteiger partial charge in [0, 0.05) is 17.1 Å². The van der Waals surface area contributed by atoms with Gasteiger partial charge in [-0.05, 0) is 25.6 Å². The van der Waals surface area contributed by atoms with E-state index >= 15 is 0 Å². The number of carbonyl (C=O) groups is 1. The molecule has 0 bridgehead atoms. The summed E-state index contributed by atoms with van der Waals surface area (Å²) in [5, 5.41) is 13.0. The van der Waals surface area contributed by atoms with Gasteiger partial charge >= 0.3 is 5.97 Å². The summed E-state index contributed by atoms with van der Waals surface area (Å²) < 4.78 is 5.01. The smallest absolute Gasteiger partial charge is 0.358 e. The number of rotatable bonds is 5. The van der Waals surface area contributed by atoms with Gasteiger partial charge in [0.05, 0.1) is 6.54 Å². The van der Waals surface area contributed by atoms with Crippen LogP contribution in [-0.2, 0) is 6.54 Å². The van der Waals surface area contributed by atoms with E-state index in [9.17, 15) is 4.79 Å². The molecule has 0 saturated carbocycles. The molecule has 106 valence electrons. The molecule has 2 rings (SSSR count). The lowest BCUT2D eigenvalue weighted by molar-refractivity contribution is 0.0685. The van der Waals surface area contributed by atoms with Crippen LogP contribution in [0.5, 0.6) is 0 Å². The molecule has 1 unspecified atom stereocenters. The molecule has 20 heavy (non-hydrogen) atoms. The monoisotopic (exact) mass is 294 g/mol. The molecule has 5 nitrogen and oxygen atoms in total. The Morgan fingerprint density at radius 2 is 2.20 bits per heavy atom. The zero-order chi connectivity index (χ0) is 14.7. The zero-order valence-electron chi connectivity index (χ0n) is 11.2. The van der Waals surface area contributed by atoms with Crippen LogP contribution in [0.2, 0.25) is 5.02 Å². The third-order valence-corrected chi connectivity index (χ3v) is 3.54. The van der Waals surface area contributed by atoms with E-state index in [1.807, 2.05) is 43.1 Å². The SMILES string of the molecule is CC(c1ccccc1Cl)N(C)Cc1cc(C(=O)O)no1. The molecule has 1 atom stereocenters. The van der Waals surface area contributed by atoms with Crippen molar-refractivity contribution in [1.82, 2.24) is 10.1 Å². The van der Waals surface area contributed by atoms with Gasteiger partial charge in [-0.2, -0.15) is 0 Å². The minimum Gasteiger partial charge on any atom is -0.476 e. The molecule has 0 saturated heterocycles. The lowest BCUT2D eigenvalue weighted by Gasteiger charge is -2.24. The third kappa shape index (κ3) is 3.18. The predicted molar refractivity (Wildman–Crippen MR) is 74.8 cm³/mol. The summed E-state index contributed by atoms with van der Waals surface area (Å²) in [6.45, 7) is 2.47. The standard InChI is InChI=1S/C14H15ClN2O3/c1-9(11-5-3-4-6-12(11)15)17(2)8-10-7-13(14(18)19)16-20-10/h3-7,9H,8H2,1-2H3,(H,18,19). The van der Waals surface area contributed by atoms with E-state index in [1.165, 1.54) is 6.07 Å². The quantitative estimate of drug-likeness (QED) is 0.917. The Labute approximate surface area is 121 Å². The maximum atomic E-state index is 10.7. The van der Waals surface area contributed by atoms with E-state index in [2.05, 4.69) is 5.16 Å². The van der Waals surface area contributed by atoms with Crippen molar-refractivity contribution in [2.75, 3.05) is 7.05 Å². The third-order valence-electron chi connectivity index (χ3n) is 3.20. The van der Waals surface area contributed by atoms with Crippen LogP contribution in [0.3, 0.4) is 0 Å². The zero-order valence-corrected chi connectivity index (χ0v) is 12.0. The Morgan fingerprint density at radius 1 is 1.50 bits per heavy atom. The minimum atomic E-state index is -1.10. The van der Waals surface area contributed by atoms with Crippen LogP contribution in [0.4, 0.5) is 0 Å².